The first-order chi connectivity index (χ1) is 5.86. The van der Waals surface area contributed by atoms with Crippen molar-refractivity contribution in [1.82, 2.24) is 15.0 Å². The Kier molecular flexibility index (Phi) is 1.51. The molecule has 3 N–H and O–H groups in total. The summed E-state index contributed by atoms with van der Waals surface area (Å²) >= 11 is 0. The van der Waals surface area contributed by atoms with Gasteiger partial charge < -0.3 is 10.7 Å². The molecule has 2 aromatic heterocycles. The van der Waals surface area contributed by atoms with Gasteiger partial charge >= 0.3 is 0 Å². The van der Waals surface area contributed by atoms with Gasteiger partial charge in [-0.1, -0.05) is 0 Å². The highest BCUT2D eigenvalue weighted by Gasteiger charge is 1.97. The van der Waals surface area contributed by atoms with E-state index < -0.39 is 0 Å². The van der Waals surface area contributed by atoms with Crippen LogP contribution in [-0.4, -0.2) is 15.0 Å². The van der Waals surface area contributed by atoms with Crippen LogP contribution in [0.2, 0.25) is 0 Å². The average molecular weight is 160 g/mol. The van der Waals surface area contributed by atoms with E-state index in [1.54, 1.807) is 24.8 Å². The fourth-order valence-electron chi connectivity index (χ4n) is 0.978. The van der Waals surface area contributed by atoms with Gasteiger partial charge in [-0.15, -0.1) is 0 Å². The Balaban J connectivity index is 2.43. The zero-order valence-electron chi connectivity index (χ0n) is 6.36. The summed E-state index contributed by atoms with van der Waals surface area (Å²) in [6, 6.07) is 3.66. The molecule has 60 valence electrons. The van der Waals surface area contributed by atoms with Gasteiger partial charge in [-0.25, -0.2) is 9.97 Å². The maximum absolute atomic E-state index is 5.44. The van der Waals surface area contributed by atoms with Crippen molar-refractivity contribution in [3.63, 3.8) is 0 Å². The molecule has 2 heterocycles. The lowest BCUT2D eigenvalue weighted by Crippen LogP contribution is -1.88. The highest BCUT2D eigenvalue weighted by atomic mass is 14.9. The van der Waals surface area contributed by atoms with E-state index in [0.717, 1.165) is 11.3 Å². The molecule has 0 fully saturated rings. The molecule has 12 heavy (non-hydrogen) atoms. The largest absolute Gasteiger partial charge is 0.384 e. The highest BCUT2D eigenvalue weighted by molar-refractivity contribution is 5.57. The molecule has 0 radical (unpaired) electrons. The van der Waals surface area contributed by atoms with E-state index in [1.807, 2.05) is 6.07 Å². The lowest BCUT2D eigenvalue weighted by atomic mass is 10.2. The number of nitrogens with zero attached hydrogens (tertiary/aromatic N) is 2. The number of rotatable bonds is 1. The SMILES string of the molecule is Nc1ccc(-c2cnc[nH]2)cn1. The van der Waals surface area contributed by atoms with Crippen LogP contribution in [0.15, 0.2) is 30.9 Å². The Labute approximate surface area is 69.5 Å². The van der Waals surface area contributed by atoms with Crippen molar-refractivity contribution in [2.24, 2.45) is 0 Å². The van der Waals surface area contributed by atoms with Gasteiger partial charge in [-0.3, -0.25) is 0 Å². The number of H-pyrrole nitrogens is 1. The third-order valence-electron chi connectivity index (χ3n) is 1.60. The van der Waals surface area contributed by atoms with Crippen molar-refractivity contribution in [2.45, 2.75) is 0 Å². The van der Waals surface area contributed by atoms with E-state index in [9.17, 15) is 0 Å². The lowest BCUT2D eigenvalue weighted by molar-refractivity contribution is 1.30. The van der Waals surface area contributed by atoms with Crippen LogP contribution in [0.1, 0.15) is 0 Å². The molecule has 0 saturated heterocycles. The van der Waals surface area contributed by atoms with Crippen molar-refractivity contribution >= 4 is 5.82 Å². The number of pyridine rings is 1. The number of nitrogen functional groups attached to an aromatic ring is 1. The summed E-state index contributed by atoms with van der Waals surface area (Å²) in [6.45, 7) is 0. The maximum atomic E-state index is 5.44. The minimum atomic E-state index is 0.526. The molecule has 0 aliphatic rings. The van der Waals surface area contributed by atoms with E-state index in [-0.39, 0.29) is 0 Å². The molecular weight excluding hydrogens is 152 g/mol. The van der Waals surface area contributed by atoms with Crippen molar-refractivity contribution in [3.05, 3.63) is 30.9 Å². The van der Waals surface area contributed by atoms with Crippen LogP contribution in [0, 0.1) is 0 Å². The predicted molar refractivity (Wildman–Crippen MR) is 46.2 cm³/mol. The predicted octanol–water partition coefficient (Wildman–Crippen LogP) is 1.05. The Hall–Kier alpha value is -1.84. The molecule has 0 aromatic carbocycles. The zero-order valence-corrected chi connectivity index (χ0v) is 6.36. The summed E-state index contributed by atoms with van der Waals surface area (Å²) in [7, 11) is 0. The summed E-state index contributed by atoms with van der Waals surface area (Å²) < 4.78 is 0. The fraction of sp³-hybridized carbons (Fsp3) is 0. The van der Waals surface area contributed by atoms with Gasteiger partial charge in [-0.05, 0) is 12.1 Å². The molecule has 0 amide bonds. The minimum Gasteiger partial charge on any atom is -0.384 e. The van der Waals surface area contributed by atoms with Gasteiger partial charge in [0.25, 0.3) is 0 Å². The molecule has 0 saturated carbocycles. The summed E-state index contributed by atoms with van der Waals surface area (Å²) in [5.74, 6) is 0.526. The number of aromatic nitrogens is 3. The minimum absolute atomic E-state index is 0.526. The second-order valence-corrected chi connectivity index (χ2v) is 2.44. The molecule has 2 aromatic rings. The molecule has 4 nitrogen and oxygen atoms in total. The number of hydrogen-bond acceptors (Lipinski definition) is 3. The third-order valence-corrected chi connectivity index (χ3v) is 1.60. The first kappa shape index (κ1) is 6.84. The van der Waals surface area contributed by atoms with E-state index in [2.05, 4.69) is 15.0 Å². The quantitative estimate of drug-likeness (QED) is 0.655. The average Bonchev–Trinajstić information content (AvgIpc) is 2.58. The van der Waals surface area contributed by atoms with Crippen LogP contribution in [0.5, 0.6) is 0 Å². The smallest absolute Gasteiger partial charge is 0.123 e. The van der Waals surface area contributed by atoms with Gasteiger partial charge in [-0.2, -0.15) is 0 Å². The van der Waals surface area contributed by atoms with Gasteiger partial charge in [0, 0.05) is 11.8 Å². The normalized spacial score (nSPS) is 10.0. The molecule has 0 aliphatic carbocycles. The number of anilines is 1. The second kappa shape index (κ2) is 2.65. The number of imidazole rings is 1. The number of nitrogens with two attached hydrogens (primary N) is 1. The van der Waals surface area contributed by atoms with Crippen molar-refractivity contribution in [3.8, 4) is 11.3 Å². The molecule has 0 unspecified atom stereocenters. The Morgan fingerprint density at radius 3 is 2.75 bits per heavy atom. The van der Waals surface area contributed by atoms with Crippen LogP contribution in [0.25, 0.3) is 11.3 Å². The molecule has 2 rings (SSSR count). The van der Waals surface area contributed by atoms with E-state index in [1.165, 1.54) is 0 Å². The van der Waals surface area contributed by atoms with E-state index >= 15 is 0 Å². The fourth-order valence-corrected chi connectivity index (χ4v) is 0.978. The summed E-state index contributed by atoms with van der Waals surface area (Å²) in [5.41, 5.74) is 7.38. The third kappa shape index (κ3) is 1.14. The Bertz CT molecular complexity index is 349. The first-order valence-corrected chi connectivity index (χ1v) is 3.56. The van der Waals surface area contributed by atoms with Gasteiger partial charge in [0.1, 0.15) is 5.82 Å². The molecule has 4 heteroatoms. The second-order valence-electron chi connectivity index (χ2n) is 2.44. The first-order valence-electron chi connectivity index (χ1n) is 3.56. The number of hydrogen-bond donors (Lipinski definition) is 2. The summed E-state index contributed by atoms with van der Waals surface area (Å²) in [6.07, 6.45) is 5.09. The Morgan fingerprint density at radius 2 is 2.17 bits per heavy atom. The number of aromatic amines is 1. The molecular formula is C8H8N4. The van der Waals surface area contributed by atoms with Gasteiger partial charge in [0.15, 0.2) is 0 Å². The molecule has 0 atom stereocenters. The maximum Gasteiger partial charge on any atom is 0.123 e. The van der Waals surface area contributed by atoms with E-state index in [4.69, 9.17) is 5.73 Å². The van der Waals surface area contributed by atoms with Crippen LogP contribution in [0.3, 0.4) is 0 Å². The molecule has 0 aliphatic heterocycles. The van der Waals surface area contributed by atoms with Crippen LogP contribution >= 0.6 is 0 Å². The van der Waals surface area contributed by atoms with Gasteiger partial charge in [0.05, 0.1) is 18.2 Å². The topological polar surface area (TPSA) is 67.6 Å². The summed E-state index contributed by atoms with van der Waals surface area (Å²) in [4.78, 5) is 10.9. The van der Waals surface area contributed by atoms with Crippen molar-refractivity contribution < 1.29 is 0 Å². The lowest BCUT2D eigenvalue weighted by Gasteiger charge is -1.95. The number of nitrogens with one attached hydrogen (secondary N) is 1. The van der Waals surface area contributed by atoms with Crippen molar-refractivity contribution in [2.75, 3.05) is 5.73 Å². The molecule has 0 bridgehead atoms. The summed E-state index contributed by atoms with van der Waals surface area (Å²) in [5, 5.41) is 0. The highest BCUT2D eigenvalue weighted by Crippen LogP contribution is 2.14. The zero-order chi connectivity index (χ0) is 8.39. The van der Waals surface area contributed by atoms with Gasteiger partial charge in [0.2, 0.25) is 0 Å². The molecule has 0 spiro atoms. The Morgan fingerprint density at radius 1 is 1.25 bits per heavy atom. The van der Waals surface area contributed by atoms with Crippen LogP contribution in [-0.2, 0) is 0 Å². The monoisotopic (exact) mass is 160 g/mol. The van der Waals surface area contributed by atoms with Crippen LogP contribution in [0.4, 0.5) is 5.82 Å². The van der Waals surface area contributed by atoms with Crippen LogP contribution < -0.4 is 5.73 Å². The van der Waals surface area contributed by atoms with Crippen molar-refractivity contribution in [1.29, 1.82) is 0 Å². The standard InChI is InChI=1S/C8H8N4/c9-8-2-1-6(3-11-8)7-4-10-5-12-7/h1-5H,(H2,9,11)(H,10,12). The van der Waals surface area contributed by atoms with E-state index in [0.29, 0.717) is 5.82 Å².